The normalized spacial score (nSPS) is 22.9. The summed E-state index contributed by atoms with van der Waals surface area (Å²) in [5.74, 6) is 2.72. The van der Waals surface area contributed by atoms with Crippen LogP contribution in [0, 0.1) is 11.7 Å². The van der Waals surface area contributed by atoms with E-state index >= 15 is 0 Å². The topological polar surface area (TPSA) is 24.9 Å². The number of nitrogens with one attached hydrogen (secondary N) is 1. The molecule has 1 aromatic rings. The average Bonchev–Trinajstić information content (AvgIpc) is 2.72. The van der Waals surface area contributed by atoms with Crippen LogP contribution in [0.2, 0.25) is 0 Å². The first-order valence-corrected chi connectivity index (χ1v) is 6.32. The number of rotatable bonds is 3. The molecule has 1 N–H and O–H groups in total. The van der Waals surface area contributed by atoms with Gasteiger partial charge in [-0.25, -0.2) is 4.39 Å². The van der Waals surface area contributed by atoms with E-state index in [0.717, 1.165) is 11.3 Å². The van der Waals surface area contributed by atoms with E-state index in [9.17, 15) is 4.39 Å². The Kier molecular flexibility index (Phi) is 3.59. The summed E-state index contributed by atoms with van der Waals surface area (Å²) in [4.78, 5) is 3.90. The van der Waals surface area contributed by atoms with Gasteiger partial charge in [-0.05, 0) is 42.5 Å². The highest BCUT2D eigenvalue weighted by Gasteiger charge is 2.25. The molecule has 2 nitrogen and oxygen atoms in total. The van der Waals surface area contributed by atoms with Gasteiger partial charge in [0.2, 0.25) is 0 Å². The zero-order valence-corrected chi connectivity index (χ0v) is 9.56. The van der Waals surface area contributed by atoms with Crippen LogP contribution in [0.4, 0.5) is 4.39 Å². The summed E-state index contributed by atoms with van der Waals surface area (Å²) in [5.41, 5.74) is 0.963. The van der Waals surface area contributed by atoms with Gasteiger partial charge in [0.25, 0.3) is 0 Å². The standard InChI is InChI=1S/C11H15FN2S/c1-13-11(8-2-3-15-7-8)9-4-10(12)6-14-5-9/h4-6,8,11,13H,2-3,7H2,1H3. The molecule has 2 rings (SSSR count). The highest BCUT2D eigenvalue weighted by molar-refractivity contribution is 7.99. The fourth-order valence-electron chi connectivity index (χ4n) is 2.09. The number of aromatic nitrogens is 1. The molecule has 0 radical (unpaired) electrons. The van der Waals surface area contributed by atoms with E-state index in [2.05, 4.69) is 10.3 Å². The maximum Gasteiger partial charge on any atom is 0.141 e. The Bertz CT molecular complexity index is 326. The van der Waals surface area contributed by atoms with Crippen LogP contribution in [0.5, 0.6) is 0 Å². The molecule has 2 heterocycles. The third-order valence-corrected chi connectivity index (χ3v) is 4.02. The van der Waals surface area contributed by atoms with Gasteiger partial charge >= 0.3 is 0 Å². The van der Waals surface area contributed by atoms with Gasteiger partial charge in [-0.1, -0.05) is 0 Å². The zero-order chi connectivity index (χ0) is 10.7. The smallest absolute Gasteiger partial charge is 0.141 e. The summed E-state index contributed by atoms with van der Waals surface area (Å²) < 4.78 is 13.1. The molecule has 82 valence electrons. The molecule has 1 aliphatic rings. The third kappa shape index (κ3) is 2.49. The summed E-state index contributed by atoms with van der Waals surface area (Å²) in [7, 11) is 1.93. The fourth-order valence-corrected chi connectivity index (χ4v) is 3.39. The first-order chi connectivity index (χ1) is 7.31. The van der Waals surface area contributed by atoms with E-state index in [0.29, 0.717) is 5.92 Å². The zero-order valence-electron chi connectivity index (χ0n) is 8.74. The van der Waals surface area contributed by atoms with Crippen LogP contribution in [-0.4, -0.2) is 23.5 Å². The molecule has 0 aromatic carbocycles. The van der Waals surface area contributed by atoms with Crippen molar-refractivity contribution in [3.63, 3.8) is 0 Å². The first-order valence-electron chi connectivity index (χ1n) is 5.16. The summed E-state index contributed by atoms with van der Waals surface area (Å²) in [6.07, 6.45) is 4.21. The minimum Gasteiger partial charge on any atom is -0.313 e. The summed E-state index contributed by atoms with van der Waals surface area (Å²) in [6, 6.07) is 1.82. The molecule has 1 aliphatic heterocycles. The van der Waals surface area contributed by atoms with E-state index in [-0.39, 0.29) is 11.9 Å². The van der Waals surface area contributed by atoms with E-state index < -0.39 is 0 Å². The Morgan fingerprint density at radius 1 is 1.60 bits per heavy atom. The number of halogens is 1. The van der Waals surface area contributed by atoms with E-state index in [1.54, 1.807) is 12.3 Å². The van der Waals surface area contributed by atoms with Gasteiger partial charge in [-0.15, -0.1) is 0 Å². The van der Waals surface area contributed by atoms with Gasteiger partial charge in [0.1, 0.15) is 5.82 Å². The molecule has 0 bridgehead atoms. The molecule has 0 saturated carbocycles. The van der Waals surface area contributed by atoms with Crippen LogP contribution in [0.25, 0.3) is 0 Å². The maximum atomic E-state index is 13.1. The minimum absolute atomic E-state index is 0.239. The second kappa shape index (κ2) is 4.94. The lowest BCUT2D eigenvalue weighted by molar-refractivity contribution is 0.417. The van der Waals surface area contributed by atoms with Crippen LogP contribution in [0.15, 0.2) is 18.5 Å². The second-order valence-electron chi connectivity index (χ2n) is 3.83. The molecule has 1 saturated heterocycles. The minimum atomic E-state index is -0.251. The van der Waals surface area contributed by atoms with Crippen molar-refractivity contribution in [2.75, 3.05) is 18.6 Å². The Morgan fingerprint density at radius 3 is 3.07 bits per heavy atom. The van der Waals surface area contributed by atoms with Gasteiger partial charge in [0.05, 0.1) is 6.20 Å². The van der Waals surface area contributed by atoms with Crippen molar-refractivity contribution in [3.8, 4) is 0 Å². The Balaban J connectivity index is 2.18. The molecule has 0 aliphatic carbocycles. The second-order valence-corrected chi connectivity index (χ2v) is 4.98. The monoisotopic (exact) mass is 226 g/mol. The number of nitrogens with zero attached hydrogens (tertiary/aromatic N) is 1. The van der Waals surface area contributed by atoms with Gasteiger partial charge in [-0.3, -0.25) is 4.98 Å². The SMILES string of the molecule is CNC(c1cncc(F)c1)C1CCSC1. The number of hydrogen-bond donors (Lipinski definition) is 1. The lowest BCUT2D eigenvalue weighted by atomic mass is 9.94. The fraction of sp³-hybridized carbons (Fsp3) is 0.545. The summed E-state index contributed by atoms with van der Waals surface area (Å²) in [5, 5.41) is 3.27. The molecule has 2 unspecified atom stereocenters. The van der Waals surface area contributed by atoms with Crippen molar-refractivity contribution >= 4 is 11.8 Å². The quantitative estimate of drug-likeness (QED) is 0.855. The number of thioether (sulfide) groups is 1. The molecule has 0 amide bonds. The van der Waals surface area contributed by atoms with Crippen LogP contribution in [0.3, 0.4) is 0 Å². The van der Waals surface area contributed by atoms with E-state index in [1.807, 2.05) is 18.8 Å². The highest BCUT2D eigenvalue weighted by atomic mass is 32.2. The molecule has 4 heteroatoms. The lowest BCUT2D eigenvalue weighted by Crippen LogP contribution is -2.25. The number of pyridine rings is 1. The molecule has 1 aromatic heterocycles. The first kappa shape index (κ1) is 10.9. The summed E-state index contributed by atoms with van der Waals surface area (Å²) >= 11 is 1.97. The third-order valence-electron chi connectivity index (χ3n) is 2.83. The van der Waals surface area contributed by atoms with Gasteiger partial charge in [0, 0.05) is 12.2 Å². The van der Waals surface area contributed by atoms with Crippen LogP contribution < -0.4 is 5.32 Å². The van der Waals surface area contributed by atoms with Gasteiger partial charge in [0.15, 0.2) is 0 Å². The molecular formula is C11H15FN2S. The largest absolute Gasteiger partial charge is 0.313 e. The predicted molar refractivity (Wildman–Crippen MR) is 61.4 cm³/mol. The van der Waals surface area contributed by atoms with Gasteiger partial charge < -0.3 is 5.32 Å². The highest BCUT2D eigenvalue weighted by Crippen LogP contribution is 2.33. The molecular weight excluding hydrogens is 211 g/mol. The van der Waals surface area contributed by atoms with Crippen molar-refractivity contribution in [2.45, 2.75) is 12.5 Å². The van der Waals surface area contributed by atoms with Crippen LogP contribution >= 0.6 is 11.8 Å². The van der Waals surface area contributed by atoms with Crippen molar-refractivity contribution in [2.24, 2.45) is 5.92 Å². The maximum absolute atomic E-state index is 13.1. The predicted octanol–water partition coefficient (Wildman–Crippen LogP) is 2.23. The van der Waals surface area contributed by atoms with Crippen LogP contribution in [-0.2, 0) is 0 Å². The van der Waals surface area contributed by atoms with Crippen molar-refractivity contribution in [1.29, 1.82) is 0 Å². The molecule has 1 fully saturated rings. The van der Waals surface area contributed by atoms with Crippen molar-refractivity contribution in [3.05, 3.63) is 29.8 Å². The molecule has 15 heavy (non-hydrogen) atoms. The average molecular weight is 226 g/mol. The van der Waals surface area contributed by atoms with Crippen LogP contribution in [0.1, 0.15) is 18.0 Å². The lowest BCUT2D eigenvalue weighted by Gasteiger charge is -2.22. The van der Waals surface area contributed by atoms with Crippen molar-refractivity contribution in [1.82, 2.24) is 10.3 Å². The Labute approximate surface area is 93.7 Å². The van der Waals surface area contributed by atoms with Crippen molar-refractivity contribution < 1.29 is 4.39 Å². The summed E-state index contributed by atoms with van der Waals surface area (Å²) in [6.45, 7) is 0. The number of hydrogen-bond acceptors (Lipinski definition) is 3. The Morgan fingerprint density at radius 2 is 2.47 bits per heavy atom. The van der Waals surface area contributed by atoms with E-state index in [1.165, 1.54) is 18.4 Å². The van der Waals surface area contributed by atoms with Gasteiger partial charge in [-0.2, -0.15) is 11.8 Å². The Hall–Kier alpha value is -0.610. The molecule has 2 atom stereocenters. The van der Waals surface area contributed by atoms with E-state index in [4.69, 9.17) is 0 Å². The molecule has 0 spiro atoms.